The number of aromatic nitrogens is 2. The average Bonchev–Trinajstić information content (AvgIpc) is 2.81. The Morgan fingerprint density at radius 3 is 2.65 bits per heavy atom. The molecule has 1 aromatic carbocycles. The highest BCUT2D eigenvalue weighted by Gasteiger charge is 2.13. The van der Waals surface area contributed by atoms with Crippen molar-refractivity contribution in [3.8, 4) is 21.7 Å². The number of nitrogens with two attached hydrogens (primary N) is 1. The van der Waals surface area contributed by atoms with E-state index in [-0.39, 0.29) is 0 Å². The zero-order valence-electron chi connectivity index (χ0n) is 11.4. The molecule has 0 saturated carbocycles. The second-order valence-electron chi connectivity index (χ2n) is 4.75. The molecule has 2 heterocycles. The van der Waals surface area contributed by atoms with Crippen LogP contribution in [-0.2, 0) is 0 Å². The van der Waals surface area contributed by atoms with E-state index in [9.17, 15) is 0 Å². The molecule has 0 fully saturated rings. The Bertz CT molecular complexity index is 699. The minimum absolute atomic E-state index is 0.531. The minimum atomic E-state index is 0.531. The summed E-state index contributed by atoms with van der Waals surface area (Å²) >= 11 is 1.68. The summed E-state index contributed by atoms with van der Waals surface area (Å²) in [7, 11) is 0. The first-order valence-electron chi connectivity index (χ1n) is 6.40. The maximum atomic E-state index is 5.79. The lowest BCUT2D eigenvalue weighted by Gasteiger charge is -2.04. The fourth-order valence-corrected chi connectivity index (χ4v) is 3.14. The highest BCUT2D eigenvalue weighted by Crippen LogP contribution is 2.37. The SMILES string of the molecule is Cc1cccc(-c2nc(C)sc2-c2ccnc(N)c2)c1. The van der Waals surface area contributed by atoms with Crippen LogP contribution in [0.25, 0.3) is 21.7 Å². The summed E-state index contributed by atoms with van der Waals surface area (Å²) in [5.74, 6) is 0.531. The van der Waals surface area contributed by atoms with E-state index in [1.165, 1.54) is 5.56 Å². The van der Waals surface area contributed by atoms with Gasteiger partial charge in [-0.3, -0.25) is 0 Å². The maximum Gasteiger partial charge on any atom is 0.123 e. The van der Waals surface area contributed by atoms with Crippen molar-refractivity contribution in [1.82, 2.24) is 9.97 Å². The van der Waals surface area contributed by atoms with Gasteiger partial charge in [-0.1, -0.05) is 23.8 Å². The molecular weight excluding hydrogens is 266 g/mol. The number of rotatable bonds is 2. The number of nitrogen functional groups attached to an aromatic ring is 1. The van der Waals surface area contributed by atoms with Crippen molar-refractivity contribution < 1.29 is 0 Å². The van der Waals surface area contributed by atoms with Crippen LogP contribution in [0, 0.1) is 13.8 Å². The molecule has 2 N–H and O–H groups in total. The van der Waals surface area contributed by atoms with Crippen molar-refractivity contribution in [3.63, 3.8) is 0 Å². The van der Waals surface area contributed by atoms with E-state index in [0.717, 1.165) is 26.7 Å². The second-order valence-corrected chi connectivity index (χ2v) is 5.95. The molecule has 0 radical (unpaired) electrons. The topological polar surface area (TPSA) is 51.8 Å². The van der Waals surface area contributed by atoms with Gasteiger partial charge in [0, 0.05) is 11.8 Å². The van der Waals surface area contributed by atoms with Gasteiger partial charge in [-0.15, -0.1) is 11.3 Å². The third kappa shape index (κ3) is 2.42. The lowest BCUT2D eigenvalue weighted by molar-refractivity contribution is 1.29. The first-order chi connectivity index (χ1) is 9.63. The quantitative estimate of drug-likeness (QED) is 0.770. The van der Waals surface area contributed by atoms with Crippen molar-refractivity contribution in [2.24, 2.45) is 0 Å². The van der Waals surface area contributed by atoms with Gasteiger partial charge in [0.2, 0.25) is 0 Å². The van der Waals surface area contributed by atoms with Crippen molar-refractivity contribution in [2.75, 3.05) is 5.73 Å². The number of hydrogen-bond acceptors (Lipinski definition) is 4. The third-order valence-electron chi connectivity index (χ3n) is 3.07. The fourth-order valence-electron chi connectivity index (χ4n) is 2.20. The van der Waals surface area contributed by atoms with Gasteiger partial charge in [0.1, 0.15) is 5.82 Å². The molecule has 0 atom stereocenters. The summed E-state index contributed by atoms with van der Waals surface area (Å²) < 4.78 is 0. The summed E-state index contributed by atoms with van der Waals surface area (Å²) in [5, 5.41) is 1.05. The number of benzene rings is 1. The Morgan fingerprint density at radius 1 is 1.05 bits per heavy atom. The van der Waals surface area contributed by atoms with Crippen LogP contribution in [0.2, 0.25) is 0 Å². The molecule has 4 heteroatoms. The smallest absolute Gasteiger partial charge is 0.123 e. The van der Waals surface area contributed by atoms with Crippen LogP contribution < -0.4 is 5.73 Å². The standard InChI is InChI=1S/C16H15N3S/c1-10-4-3-5-12(8-10)15-16(20-11(2)19-15)13-6-7-18-14(17)9-13/h3-9H,1-2H3,(H2,17,18). The van der Waals surface area contributed by atoms with Gasteiger partial charge >= 0.3 is 0 Å². The van der Waals surface area contributed by atoms with Crippen LogP contribution in [0.3, 0.4) is 0 Å². The van der Waals surface area contributed by atoms with E-state index in [0.29, 0.717) is 5.82 Å². The van der Waals surface area contributed by atoms with E-state index in [4.69, 9.17) is 5.73 Å². The summed E-state index contributed by atoms with van der Waals surface area (Å²) in [6, 6.07) is 12.3. The van der Waals surface area contributed by atoms with Crippen LogP contribution in [0.15, 0.2) is 42.6 Å². The van der Waals surface area contributed by atoms with Gasteiger partial charge in [-0.2, -0.15) is 0 Å². The molecule has 3 aromatic rings. The van der Waals surface area contributed by atoms with E-state index in [2.05, 4.69) is 41.2 Å². The van der Waals surface area contributed by atoms with Crippen molar-refractivity contribution >= 4 is 17.2 Å². The minimum Gasteiger partial charge on any atom is -0.384 e. The zero-order valence-corrected chi connectivity index (χ0v) is 12.2. The summed E-state index contributed by atoms with van der Waals surface area (Å²) in [6.07, 6.45) is 1.74. The zero-order chi connectivity index (χ0) is 14.1. The van der Waals surface area contributed by atoms with Gasteiger partial charge in [-0.25, -0.2) is 9.97 Å². The Balaban J connectivity index is 2.18. The van der Waals surface area contributed by atoms with Crippen LogP contribution >= 0.6 is 11.3 Å². The molecule has 0 aliphatic rings. The Labute approximate surface area is 122 Å². The first kappa shape index (κ1) is 12.8. The molecule has 3 nitrogen and oxygen atoms in total. The molecule has 3 rings (SSSR count). The average molecular weight is 281 g/mol. The van der Waals surface area contributed by atoms with Gasteiger partial charge in [0.15, 0.2) is 0 Å². The van der Waals surface area contributed by atoms with Crippen LogP contribution in [0.1, 0.15) is 10.6 Å². The van der Waals surface area contributed by atoms with E-state index >= 15 is 0 Å². The molecule has 0 aliphatic heterocycles. The van der Waals surface area contributed by atoms with Crippen molar-refractivity contribution in [2.45, 2.75) is 13.8 Å². The normalized spacial score (nSPS) is 10.7. The number of thiazole rings is 1. The van der Waals surface area contributed by atoms with Crippen LogP contribution in [-0.4, -0.2) is 9.97 Å². The molecule has 0 aliphatic carbocycles. The lowest BCUT2D eigenvalue weighted by Crippen LogP contribution is -1.89. The summed E-state index contributed by atoms with van der Waals surface area (Å²) in [6.45, 7) is 4.12. The molecule has 20 heavy (non-hydrogen) atoms. The van der Waals surface area contributed by atoms with E-state index in [1.54, 1.807) is 17.5 Å². The van der Waals surface area contributed by atoms with Gasteiger partial charge in [0.25, 0.3) is 0 Å². The summed E-state index contributed by atoms with van der Waals surface area (Å²) in [4.78, 5) is 9.88. The highest BCUT2D eigenvalue weighted by molar-refractivity contribution is 7.15. The molecule has 0 spiro atoms. The van der Waals surface area contributed by atoms with Gasteiger partial charge < -0.3 is 5.73 Å². The molecule has 0 unspecified atom stereocenters. The number of anilines is 1. The Kier molecular flexibility index (Phi) is 3.24. The monoisotopic (exact) mass is 281 g/mol. The first-order valence-corrected chi connectivity index (χ1v) is 7.21. The van der Waals surface area contributed by atoms with E-state index < -0.39 is 0 Å². The fraction of sp³-hybridized carbons (Fsp3) is 0.125. The van der Waals surface area contributed by atoms with Crippen LogP contribution in [0.4, 0.5) is 5.82 Å². The molecule has 2 aromatic heterocycles. The van der Waals surface area contributed by atoms with Crippen LogP contribution in [0.5, 0.6) is 0 Å². The predicted octanol–water partition coefficient (Wildman–Crippen LogP) is 4.07. The van der Waals surface area contributed by atoms with E-state index in [1.807, 2.05) is 19.1 Å². The molecule has 100 valence electrons. The molecular formula is C16H15N3S. The maximum absolute atomic E-state index is 5.79. The number of nitrogens with zero attached hydrogens (tertiary/aromatic N) is 2. The Hall–Kier alpha value is -2.20. The van der Waals surface area contributed by atoms with Crippen molar-refractivity contribution in [1.29, 1.82) is 0 Å². The third-order valence-corrected chi connectivity index (χ3v) is 4.09. The molecule has 0 amide bonds. The number of hydrogen-bond donors (Lipinski definition) is 1. The van der Waals surface area contributed by atoms with Gasteiger partial charge in [-0.05, 0) is 37.6 Å². The second kappa shape index (κ2) is 5.06. The van der Waals surface area contributed by atoms with Gasteiger partial charge in [0.05, 0.1) is 15.6 Å². The Morgan fingerprint density at radius 2 is 1.90 bits per heavy atom. The highest BCUT2D eigenvalue weighted by atomic mass is 32.1. The number of aryl methyl sites for hydroxylation is 2. The number of pyridine rings is 1. The van der Waals surface area contributed by atoms with Crippen molar-refractivity contribution in [3.05, 3.63) is 53.2 Å². The predicted molar refractivity (Wildman–Crippen MR) is 84.7 cm³/mol. The molecule has 0 saturated heterocycles. The summed E-state index contributed by atoms with van der Waals surface area (Å²) in [5.41, 5.74) is 10.2. The molecule has 0 bridgehead atoms. The largest absolute Gasteiger partial charge is 0.384 e. The lowest BCUT2D eigenvalue weighted by atomic mass is 10.1.